The lowest BCUT2D eigenvalue weighted by Gasteiger charge is -2.22. The minimum Gasteiger partial charge on any atom is -0.421 e. The number of methoxy groups -OCH3 is 1. The maximum absolute atomic E-state index is 11.3. The fraction of sp³-hybridized carbons (Fsp3) is 0.900. The molecule has 7 heteroatoms. The van der Waals surface area contributed by atoms with Crippen LogP contribution in [0.25, 0.3) is 0 Å². The molecule has 0 rings (SSSR count). The van der Waals surface area contributed by atoms with E-state index in [9.17, 15) is 9.90 Å². The van der Waals surface area contributed by atoms with Crippen molar-refractivity contribution in [3.8, 4) is 0 Å². The molecule has 0 aromatic rings. The summed E-state index contributed by atoms with van der Waals surface area (Å²) in [6.07, 6.45) is -2.15. The molecule has 0 heterocycles. The summed E-state index contributed by atoms with van der Waals surface area (Å²) in [6, 6.07) is 0. The topological polar surface area (TPSA) is 74.2 Å². The number of carbonyl (C=O) groups excluding carboxylic acids is 1. The van der Waals surface area contributed by atoms with Gasteiger partial charge < -0.3 is 14.3 Å². The van der Waals surface area contributed by atoms with Crippen molar-refractivity contribution in [3.63, 3.8) is 0 Å². The van der Waals surface area contributed by atoms with Gasteiger partial charge in [0.15, 0.2) is 15.9 Å². The third-order valence-corrected chi connectivity index (χ3v) is 3.13. The van der Waals surface area contributed by atoms with Gasteiger partial charge in [-0.05, 0) is 5.04 Å². The van der Waals surface area contributed by atoms with Gasteiger partial charge in [0.25, 0.3) is 0 Å². The number of aliphatic hydroxyl groups is 1. The molecule has 0 fully saturated rings. The molecular formula is C10H22O6Si. The highest BCUT2D eigenvalue weighted by Crippen LogP contribution is 2.20. The van der Waals surface area contributed by atoms with Gasteiger partial charge in [-0.3, -0.25) is 4.89 Å². The fourth-order valence-corrected chi connectivity index (χ4v) is 2.08. The molecule has 0 amide bonds. The van der Waals surface area contributed by atoms with Gasteiger partial charge in [-0.2, -0.15) is 4.89 Å². The summed E-state index contributed by atoms with van der Waals surface area (Å²) in [5.74, 6) is -0.775. The predicted molar refractivity (Wildman–Crippen MR) is 64.1 cm³/mol. The van der Waals surface area contributed by atoms with Crippen LogP contribution in [0.2, 0.25) is 5.04 Å². The van der Waals surface area contributed by atoms with Gasteiger partial charge >= 0.3 is 5.97 Å². The molecule has 2 atom stereocenters. The molecule has 0 saturated carbocycles. The number of hydrogen-bond donors (Lipinski definition) is 1. The van der Waals surface area contributed by atoms with Crippen LogP contribution in [-0.4, -0.2) is 53.9 Å². The molecule has 0 saturated heterocycles. The molecule has 0 aliphatic carbocycles. The van der Waals surface area contributed by atoms with Crippen molar-refractivity contribution in [2.24, 2.45) is 0 Å². The van der Waals surface area contributed by atoms with Gasteiger partial charge in [-0.25, -0.2) is 4.79 Å². The van der Waals surface area contributed by atoms with E-state index in [1.165, 1.54) is 14.2 Å². The van der Waals surface area contributed by atoms with E-state index in [1.807, 2.05) is 0 Å². The van der Waals surface area contributed by atoms with Crippen molar-refractivity contribution in [3.05, 3.63) is 0 Å². The molecule has 1 N–H and O–H groups in total. The van der Waals surface area contributed by atoms with Gasteiger partial charge in [0, 0.05) is 7.11 Å². The first kappa shape index (κ1) is 16.5. The highest BCUT2D eigenvalue weighted by molar-refractivity contribution is 6.31. The third kappa shape index (κ3) is 7.45. The summed E-state index contributed by atoms with van der Waals surface area (Å²) < 4.78 is 10.3. The first-order chi connectivity index (χ1) is 7.81. The predicted octanol–water partition coefficient (Wildman–Crippen LogP) is -0.214. The van der Waals surface area contributed by atoms with E-state index in [4.69, 9.17) is 9.16 Å². The average Bonchev–Trinajstić information content (AvgIpc) is 2.17. The molecule has 2 unspecified atom stereocenters. The van der Waals surface area contributed by atoms with E-state index >= 15 is 0 Å². The van der Waals surface area contributed by atoms with E-state index < -0.39 is 27.9 Å². The molecule has 0 spiro atoms. The van der Waals surface area contributed by atoms with Gasteiger partial charge in [-0.1, -0.05) is 20.8 Å². The number of carbonyl (C=O) groups is 1. The zero-order valence-corrected chi connectivity index (χ0v) is 12.5. The Kier molecular flexibility index (Phi) is 7.56. The summed E-state index contributed by atoms with van der Waals surface area (Å²) in [7, 11) is 1.75. The van der Waals surface area contributed by atoms with Crippen LogP contribution in [0.4, 0.5) is 0 Å². The summed E-state index contributed by atoms with van der Waals surface area (Å²) in [4.78, 5) is 19.8. The van der Waals surface area contributed by atoms with Crippen molar-refractivity contribution < 1.29 is 28.8 Å². The summed E-state index contributed by atoms with van der Waals surface area (Å²) in [5, 5.41) is 9.85. The molecule has 0 radical (unpaired) electrons. The van der Waals surface area contributed by atoms with Crippen LogP contribution in [0.5, 0.6) is 0 Å². The fourth-order valence-electron chi connectivity index (χ4n) is 1.11. The smallest absolute Gasteiger partial charge is 0.373 e. The van der Waals surface area contributed by atoms with Crippen LogP contribution < -0.4 is 0 Å². The zero-order valence-electron chi connectivity index (χ0n) is 11.1. The van der Waals surface area contributed by atoms with E-state index in [-0.39, 0.29) is 11.6 Å². The molecule has 6 nitrogen and oxygen atoms in total. The van der Waals surface area contributed by atoms with Crippen LogP contribution in [-0.2, 0) is 23.7 Å². The van der Waals surface area contributed by atoms with Crippen LogP contribution >= 0.6 is 0 Å². The van der Waals surface area contributed by atoms with Crippen LogP contribution in [0, 0.1) is 0 Å². The van der Waals surface area contributed by atoms with Gasteiger partial charge in [0.1, 0.15) is 6.10 Å². The largest absolute Gasteiger partial charge is 0.421 e. The molecule has 0 aliphatic rings. The van der Waals surface area contributed by atoms with Crippen molar-refractivity contribution in [1.29, 1.82) is 0 Å². The lowest BCUT2D eigenvalue weighted by Crippen LogP contribution is -2.40. The van der Waals surface area contributed by atoms with Crippen molar-refractivity contribution in [2.45, 2.75) is 38.0 Å². The van der Waals surface area contributed by atoms with Crippen molar-refractivity contribution >= 4 is 15.7 Å². The summed E-state index contributed by atoms with van der Waals surface area (Å²) in [5.41, 5.74) is 0. The molecule has 17 heavy (non-hydrogen) atoms. The second-order valence-electron chi connectivity index (χ2n) is 4.87. The van der Waals surface area contributed by atoms with E-state index in [2.05, 4.69) is 30.5 Å². The van der Waals surface area contributed by atoms with Crippen LogP contribution in [0.3, 0.4) is 0 Å². The quantitative estimate of drug-likeness (QED) is 0.390. The molecule has 102 valence electrons. The molecule has 0 bridgehead atoms. The Bertz CT molecular complexity index is 227. The van der Waals surface area contributed by atoms with E-state index in [0.29, 0.717) is 0 Å². The zero-order chi connectivity index (χ0) is 13.5. The first-order valence-corrected chi connectivity index (χ1v) is 6.63. The van der Waals surface area contributed by atoms with E-state index in [1.54, 1.807) is 0 Å². The van der Waals surface area contributed by atoms with Crippen LogP contribution in [0.1, 0.15) is 20.8 Å². The number of ether oxygens (including phenoxy) is 1. The Morgan fingerprint density at radius 2 is 1.94 bits per heavy atom. The second-order valence-corrected chi connectivity index (χ2v) is 7.69. The second kappa shape index (κ2) is 7.78. The van der Waals surface area contributed by atoms with Gasteiger partial charge in [-0.15, -0.1) is 0 Å². The third-order valence-electron chi connectivity index (χ3n) is 1.82. The molecular weight excluding hydrogens is 244 g/mol. The Morgan fingerprint density at radius 3 is 2.35 bits per heavy atom. The van der Waals surface area contributed by atoms with Crippen molar-refractivity contribution in [1.82, 2.24) is 0 Å². The highest BCUT2D eigenvalue weighted by atomic mass is 28.2. The normalized spacial score (nSPS) is 16.1. The standard InChI is InChI=1S/C10H22O6Si/c1-10(2,3)17-15-6-7(11)8(13-4)9(12)16-14-5/h7-8,11H,6,17H2,1-5H3. The SMILES string of the molecule is COOC(=O)C(OC)C(O)CO[SiH2]C(C)(C)C. The highest BCUT2D eigenvalue weighted by Gasteiger charge is 2.29. The van der Waals surface area contributed by atoms with Gasteiger partial charge in [0.05, 0.1) is 13.7 Å². The summed E-state index contributed by atoms with van der Waals surface area (Å²) in [6.45, 7) is 6.26. The monoisotopic (exact) mass is 266 g/mol. The number of rotatable bonds is 7. The molecule has 0 aromatic heterocycles. The van der Waals surface area contributed by atoms with E-state index in [0.717, 1.165) is 0 Å². The molecule has 0 aromatic carbocycles. The van der Waals surface area contributed by atoms with Crippen LogP contribution in [0.15, 0.2) is 0 Å². The minimum atomic E-state index is -1.09. The maximum atomic E-state index is 11.3. The number of hydrogen-bond acceptors (Lipinski definition) is 6. The minimum absolute atomic E-state index is 0.0564. The Labute approximate surface area is 104 Å². The number of aliphatic hydroxyl groups excluding tert-OH is 1. The Balaban J connectivity index is 4.08. The summed E-state index contributed by atoms with van der Waals surface area (Å²) >= 11 is 0. The average molecular weight is 266 g/mol. The maximum Gasteiger partial charge on any atom is 0.373 e. The lowest BCUT2D eigenvalue weighted by molar-refractivity contribution is -0.266. The van der Waals surface area contributed by atoms with Gasteiger partial charge in [0.2, 0.25) is 0 Å². The first-order valence-electron chi connectivity index (χ1n) is 5.35. The van der Waals surface area contributed by atoms with Crippen molar-refractivity contribution in [2.75, 3.05) is 20.8 Å². The Morgan fingerprint density at radius 1 is 1.35 bits per heavy atom. The lowest BCUT2D eigenvalue weighted by atomic mass is 10.2. The molecule has 0 aliphatic heterocycles. The Hall–Kier alpha value is -0.473.